The smallest absolute Gasteiger partial charge is 0.268 e. The Hall–Kier alpha value is -1.84. The summed E-state index contributed by atoms with van der Waals surface area (Å²) >= 11 is 0. The van der Waals surface area contributed by atoms with Crippen LogP contribution >= 0.6 is 0 Å². The fraction of sp³-hybridized carbons (Fsp3) is 0.579. The quantitative estimate of drug-likeness (QED) is 0.707. The molecular weight excluding hydrogens is 290 g/mol. The largest absolute Gasteiger partial charge is 0.478 e. The Kier molecular flexibility index (Phi) is 5.80. The van der Waals surface area contributed by atoms with Crippen molar-refractivity contribution in [1.29, 1.82) is 0 Å². The van der Waals surface area contributed by atoms with Crippen LogP contribution in [0.15, 0.2) is 18.2 Å². The summed E-state index contributed by atoms with van der Waals surface area (Å²) in [5.74, 6) is 0.929. The van der Waals surface area contributed by atoms with E-state index in [0.29, 0.717) is 24.3 Å². The molecule has 4 nitrogen and oxygen atoms in total. The number of anilines is 1. The number of hydrogen-bond acceptors (Lipinski definition) is 3. The highest BCUT2D eigenvalue weighted by Crippen LogP contribution is 2.37. The molecule has 126 valence electrons. The Bertz CT molecular complexity index is 580. The minimum atomic E-state index is -0.448. The van der Waals surface area contributed by atoms with Gasteiger partial charge in [0.15, 0.2) is 11.9 Å². The van der Waals surface area contributed by atoms with Crippen molar-refractivity contribution in [3.8, 4) is 5.75 Å². The third-order valence-electron chi connectivity index (χ3n) is 4.15. The number of ether oxygens (including phenoxy) is 1. The molecule has 0 fully saturated rings. The third kappa shape index (κ3) is 3.74. The van der Waals surface area contributed by atoms with E-state index in [1.807, 2.05) is 39.0 Å². The van der Waals surface area contributed by atoms with Crippen molar-refractivity contribution in [3.63, 3.8) is 0 Å². The first-order valence-electron chi connectivity index (χ1n) is 8.64. The van der Waals surface area contributed by atoms with Gasteiger partial charge in [0.25, 0.3) is 5.91 Å². The maximum absolute atomic E-state index is 12.8. The van der Waals surface area contributed by atoms with Crippen LogP contribution in [0.4, 0.5) is 5.69 Å². The lowest BCUT2D eigenvalue weighted by molar-refractivity contribution is -0.128. The minimum Gasteiger partial charge on any atom is -0.478 e. The lowest BCUT2D eigenvalue weighted by Gasteiger charge is -2.36. The van der Waals surface area contributed by atoms with Gasteiger partial charge >= 0.3 is 0 Å². The van der Waals surface area contributed by atoms with Gasteiger partial charge in [0.2, 0.25) is 0 Å². The van der Waals surface area contributed by atoms with Crippen LogP contribution in [0, 0.1) is 5.92 Å². The molecule has 1 aliphatic rings. The molecule has 0 aliphatic carbocycles. The van der Waals surface area contributed by atoms with Gasteiger partial charge in [-0.1, -0.05) is 34.1 Å². The van der Waals surface area contributed by atoms with Crippen molar-refractivity contribution in [3.05, 3.63) is 23.8 Å². The first kappa shape index (κ1) is 17.5. The Morgan fingerprint density at radius 2 is 2.00 bits per heavy atom. The van der Waals surface area contributed by atoms with Gasteiger partial charge in [0, 0.05) is 18.5 Å². The van der Waals surface area contributed by atoms with Crippen molar-refractivity contribution in [1.82, 2.24) is 0 Å². The van der Waals surface area contributed by atoms with Crippen molar-refractivity contribution >= 4 is 17.4 Å². The summed E-state index contributed by atoms with van der Waals surface area (Å²) in [6.07, 6.45) is 2.85. The number of benzene rings is 1. The van der Waals surface area contributed by atoms with Crippen LogP contribution in [0.3, 0.4) is 0 Å². The van der Waals surface area contributed by atoms with Crippen LogP contribution in [-0.2, 0) is 4.79 Å². The number of hydrogen-bond donors (Lipinski definition) is 0. The molecule has 1 atom stereocenters. The fourth-order valence-electron chi connectivity index (χ4n) is 2.80. The van der Waals surface area contributed by atoms with Crippen LogP contribution in [-0.4, -0.2) is 24.3 Å². The molecule has 1 aromatic carbocycles. The van der Waals surface area contributed by atoms with E-state index in [4.69, 9.17) is 4.74 Å². The van der Waals surface area contributed by atoms with E-state index in [0.717, 1.165) is 24.9 Å². The molecule has 0 bridgehead atoms. The Labute approximate surface area is 138 Å². The summed E-state index contributed by atoms with van der Waals surface area (Å²) in [5.41, 5.74) is 1.40. The molecule has 1 heterocycles. The van der Waals surface area contributed by atoms with Crippen LogP contribution in [0.25, 0.3) is 0 Å². The van der Waals surface area contributed by atoms with Crippen LogP contribution < -0.4 is 9.64 Å². The van der Waals surface area contributed by atoms with E-state index in [1.165, 1.54) is 0 Å². The number of fused-ring (bicyclic) bond motifs is 1. The van der Waals surface area contributed by atoms with Crippen molar-refractivity contribution in [2.24, 2.45) is 5.92 Å². The zero-order chi connectivity index (χ0) is 17.0. The first-order valence-corrected chi connectivity index (χ1v) is 8.64. The fourth-order valence-corrected chi connectivity index (χ4v) is 2.80. The molecule has 0 radical (unpaired) electrons. The Balaban J connectivity index is 2.39. The normalized spacial score (nSPS) is 17.2. The molecule has 0 aromatic heterocycles. The zero-order valence-corrected chi connectivity index (χ0v) is 14.6. The molecule has 0 saturated carbocycles. The third-order valence-corrected chi connectivity index (χ3v) is 4.15. The second kappa shape index (κ2) is 7.62. The van der Waals surface area contributed by atoms with Gasteiger partial charge in [-0.3, -0.25) is 9.59 Å². The average Bonchev–Trinajstić information content (AvgIpc) is 2.53. The monoisotopic (exact) mass is 317 g/mol. The second-order valence-corrected chi connectivity index (χ2v) is 6.48. The molecule has 23 heavy (non-hydrogen) atoms. The Morgan fingerprint density at radius 1 is 1.26 bits per heavy atom. The van der Waals surface area contributed by atoms with Crippen LogP contribution in [0.1, 0.15) is 63.7 Å². The van der Waals surface area contributed by atoms with Gasteiger partial charge in [-0.15, -0.1) is 0 Å². The molecule has 1 unspecified atom stereocenters. The molecule has 1 aromatic rings. The van der Waals surface area contributed by atoms with Gasteiger partial charge in [0.05, 0.1) is 5.69 Å². The number of ketones is 1. The van der Waals surface area contributed by atoms with Crippen molar-refractivity contribution < 1.29 is 14.3 Å². The number of rotatable bonds is 7. The highest BCUT2D eigenvalue weighted by Gasteiger charge is 2.36. The molecule has 4 heteroatoms. The van der Waals surface area contributed by atoms with Crippen molar-refractivity contribution in [2.45, 2.75) is 59.5 Å². The predicted octanol–water partition coefficient (Wildman–Crippen LogP) is 4.22. The van der Waals surface area contributed by atoms with Crippen LogP contribution in [0.2, 0.25) is 0 Å². The van der Waals surface area contributed by atoms with Crippen molar-refractivity contribution in [2.75, 3.05) is 11.4 Å². The number of unbranched alkanes of at least 4 members (excludes halogenated alkanes) is 1. The number of nitrogens with zero attached hydrogens (tertiary/aromatic N) is 1. The Morgan fingerprint density at radius 3 is 2.61 bits per heavy atom. The number of amides is 1. The maximum Gasteiger partial charge on any atom is 0.268 e. The number of Topliss-reactive ketones (excluding diaryl/α,β-unsaturated/α-hetero) is 1. The van der Waals surface area contributed by atoms with Gasteiger partial charge in [-0.2, -0.15) is 0 Å². The van der Waals surface area contributed by atoms with Gasteiger partial charge in [-0.05, 0) is 37.0 Å². The van der Waals surface area contributed by atoms with Gasteiger partial charge in [-0.25, -0.2) is 0 Å². The molecule has 2 rings (SSSR count). The summed E-state index contributed by atoms with van der Waals surface area (Å²) in [7, 11) is 0. The van der Waals surface area contributed by atoms with Crippen LogP contribution in [0.5, 0.6) is 5.75 Å². The number of carbonyl (C=O) groups excluding carboxylic acids is 2. The van der Waals surface area contributed by atoms with E-state index < -0.39 is 6.10 Å². The summed E-state index contributed by atoms with van der Waals surface area (Å²) in [6, 6.07) is 5.46. The van der Waals surface area contributed by atoms with E-state index >= 15 is 0 Å². The van der Waals surface area contributed by atoms with E-state index in [-0.39, 0.29) is 17.6 Å². The molecule has 0 spiro atoms. The minimum absolute atomic E-state index is 0.000963. The second-order valence-electron chi connectivity index (χ2n) is 6.48. The lowest BCUT2D eigenvalue weighted by atomic mass is 10.0. The molecule has 1 aliphatic heterocycles. The summed E-state index contributed by atoms with van der Waals surface area (Å²) in [5, 5.41) is 0. The SMILES string of the molecule is CCCCN1C(=O)C(C(C)C)Oc2ccc(C(=O)CCC)cc21. The maximum atomic E-state index is 12.8. The topological polar surface area (TPSA) is 46.6 Å². The summed E-state index contributed by atoms with van der Waals surface area (Å²) < 4.78 is 5.91. The number of carbonyl (C=O) groups is 2. The van der Waals surface area contributed by atoms with Gasteiger partial charge < -0.3 is 9.64 Å². The van der Waals surface area contributed by atoms with E-state index in [9.17, 15) is 9.59 Å². The predicted molar refractivity (Wildman–Crippen MR) is 92.2 cm³/mol. The average molecular weight is 317 g/mol. The lowest BCUT2D eigenvalue weighted by Crippen LogP contribution is -2.48. The van der Waals surface area contributed by atoms with Gasteiger partial charge in [0.1, 0.15) is 5.75 Å². The van der Waals surface area contributed by atoms with E-state index in [2.05, 4.69) is 6.92 Å². The molecular formula is C19H27NO3. The molecule has 0 N–H and O–H groups in total. The first-order chi connectivity index (χ1) is 11.0. The highest BCUT2D eigenvalue weighted by molar-refractivity contribution is 6.03. The zero-order valence-electron chi connectivity index (χ0n) is 14.6. The summed E-state index contributed by atoms with van der Waals surface area (Å²) in [4.78, 5) is 26.7. The highest BCUT2D eigenvalue weighted by atomic mass is 16.5. The summed E-state index contributed by atoms with van der Waals surface area (Å²) in [6.45, 7) is 8.74. The van der Waals surface area contributed by atoms with E-state index in [1.54, 1.807) is 4.90 Å². The standard InChI is InChI=1S/C19H27NO3/c1-5-7-11-20-15-12-14(16(21)8-6-2)9-10-17(15)23-18(13(3)4)19(20)22/h9-10,12-13,18H,5-8,11H2,1-4H3. The molecule has 0 saturated heterocycles. The molecule has 1 amide bonds.